The first-order chi connectivity index (χ1) is 12.7. The van der Waals surface area contributed by atoms with E-state index < -0.39 is 0 Å². The molecule has 2 aliphatic rings. The predicted molar refractivity (Wildman–Crippen MR) is 95.2 cm³/mol. The lowest BCUT2D eigenvalue weighted by Crippen LogP contribution is -2.32. The lowest BCUT2D eigenvalue weighted by atomic mass is 9.77. The fourth-order valence-electron chi connectivity index (χ4n) is 3.48. The van der Waals surface area contributed by atoms with E-state index in [-0.39, 0.29) is 11.7 Å². The van der Waals surface area contributed by atoms with E-state index in [1.54, 1.807) is 12.4 Å². The van der Waals surface area contributed by atoms with Crippen molar-refractivity contribution in [2.75, 3.05) is 0 Å². The molecule has 2 fully saturated rings. The third-order valence-corrected chi connectivity index (χ3v) is 5.24. The average molecular weight is 349 g/mol. The second-order valence-electron chi connectivity index (χ2n) is 7.17. The Labute approximate surface area is 150 Å². The number of H-pyrrole nitrogens is 1. The van der Waals surface area contributed by atoms with Gasteiger partial charge in [-0.25, -0.2) is 9.97 Å². The number of hydrogen-bond acceptors (Lipinski definition) is 5. The minimum absolute atomic E-state index is 0.174. The average Bonchev–Trinajstić information content (AvgIpc) is 3.40. The minimum Gasteiger partial charge on any atom is -0.473 e. The molecule has 3 aromatic rings. The number of hydrogen-bond donors (Lipinski definition) is 1. The molecule has 0 atom stereocenters. The summed E-state index contributed by atoms with van der Waals surface area (Å²) >= 11 is 0. The molecule has 2 heterocycles. The monoisotopic (exact) mass is 349 g/mol. The van der Waals surface area contributed by atoms with Crippen LogP contribution < -0.4 is 10.3 Å². The standard InChI is InChI=1S/C20H19N3O3/c24-19-9-18(26-23-19)17-10-22-20(11-21-17)25-16-7-15(8-16)14-5-3-13(4-6-14)12-1-2-12/h3-6,9-12,15-16H,1-2,7-8H2,(H,23,24). The molecule has 6 heteroatoms. The number of benzene rings is 1. The maximum Gasteiger partial charge on any atom is 0.280 e. The summed E-state index contributed by atoms with van der Waals surface area (Å²) in [6, 6.07) is 10.5. The lowest BCUT2D eigenvalue weighted by Gasteiger charge is -2.35. The summed E-state index contributed by atoms with van der Waals surface area (Å²) in [5.74, 6) is 2.24. The van der Waals surface area contributed by atoms with Gasteiger partial charge in [-0.3, -0.25) is 4.79 Å². The van der Waals surface area contributed by atoms with Crippen molar-refractivity contribution in [3.8, 4) is 17.3 Å². The minimum atomic E-state index is -0.298. The summed E-state index contributed by atoms with van der Waals surface area (Å²) in [7, 11) is 0. The van der Waals surface area contributed by atoms with E-state index in [1.807, 2.05) is 0 Å². The van der Waals surface area contributed by atoms with Gasteiger partial charge in [-0.1, -0.05) is 24.3 Å². The van der Waals surface area contributed by atoms with Gasteiger partial charge in [0, 0.05) is 0 Å². The Hall–Kier alpha value is -2.89. The fourth-order valence-corrected chi connectivity index (χ4v) is 3.48. The molecule has 0 amide bonds. The first kappa shape index (κ1) is 15.4. The molecule has 1 N–H and O–H groups in total. The van der Waals surface area contributed by atoms with Crippen LogP contribution in [0.25, 0.3) is 11.5 Å². The zero-order chi connectivity index (χ0) is 17.5. The van der Waals surface area contributed by atoms with Crippen molar-refractivity contribution >= 4 is 0 Å². The Morgan fingerprint density at radius 2 is 1.73 bits per heavy atom. The van der Waals surface area contributed by atoms with Crippen LogP contribution in [0.15, 0.2) is 52.0 Å². The highest BCUT2D eigenvalue weighted by Gasteiger charge is 2.32. The number of nitrogens with zero attached hydrogens (tertiary/aromatic N) is 2. The van der Waals surface area contributed by atoms with Crippen molar-refractivity contribution in [3.63, 3.8) is 0 Å². The first-order valence-electron chi connectivity index (χ1n) is 9.02. The molecule has 132 valence electrons. The molecule has 0 bridgehead atoms. The van der Waals surface area contributed by atoms with Gasteiger partial charge in [-0.05, 0) is 48.6 Å². The van der Waals surface area contributed by atoms with Crippen molar-refractivity contribution < 1.29 is 9.26 Å². The largest absolute Gasteiger partial charge is 0.473 e. The molecule has 6 nitrogen and oxygen atoms in total. The van der Waals surface area contributed by atoms with E-state index in [2.05, 4.69) is 39.4 Å². The fraction of sp³-hybridized carbons (Fsp3) is 0.350. The van der Waals surface area contributed by atoms with Crippen molar-refractivity contribution in [2.24, 2.45) is 0 Å². The predicted octanol–water partition coefficient (Wildman–Crippen LogP) is 3.63. The smallest absolute Gasteiger partial charge is 0.280 e. The van der Waals surface area contributed by atoms with Crippen LogP contribution in [0, 0.1) is 0 Å². The second-order valence-corrected chi connectivity index (χ2v) is 7.17. The molecule has 0 radical (unpaired) electrons. The Bertz CT molecular complexity index is 949. The number of nitrogens with one attached hydrogen (secondary N) is 1. The van der Waals surface area contributed by atoms with Crippen molar-refractivity contribution in [1.82, 2.24) is 15.1 Å². The van der Waals surface area contributed by atoms with Crippen LogP contribution in [-0.2, 0) is 0 Å². The molecule has 0 unspecified atom stereocenters. The van der Waals surface area contributed by atoms with Crippen LogP contribution in [0.1, 0.15) is 48.6 Å². The van der Waals surface area contributed by atoms with Gasteiger partial charge >= 0.3 is 0 Å². The summed E-state index contributed by atoms with van der Waals surface area (Å²) < 4.78 is 10.9. The highest BCUT2D eigenvalue weighted by atomic mass is 16.5. The molecule has 2 aromatic heterocycles. The van der Waals surface area contributed by atoms with Crippen molar-refractivity contribution in [2.45, 2.75) is 43.6 Å². The van der Waals surface area contributed by atoms with E-state index in [0.717, 1.165) is 18.8 Å². The highest BCUT2D eigenvalue weighted by molar-refractivity contribution is 5.49. The van der Waals surface area contributed by atoms with Gasteiger partial charge in [-0.15, -0.1) is 0 Å². The van der Waals surface area contributed by atoms with E-state index in [4.69, 9.17) is 9.26 Å². The number of ether oxygens (including phenoxy) is 1. The molecule has 0 aliphatic heterocycles. The van der Waals surface area contributed by atoms with Crippen LogP contribution in [0.4, 0.5) is 0 Å². The van der Waals surface area contributed by atoms with Crippen LogP contribution in [0.3, 0.4) is 0 Å². The van der Waals surface area contributed by atoms with Gasteiger partial charge in [0.15, 0.2) is 5.76 Å². The van der Waals surface area contributed by atoms with Gasteiger partial charge in [0.05, 0.1) is 18.5 Å². The third-order valence-electron chi connectivity index (χ3n) is 5.24. The first-order valence-corrected chi connectivity index (χ1v) is 9.02. The number of aromatic amines is 1. The maximum absolute atomic E-state index is 11.1. The van der Waals surface area contributed by atoms with Crippen LogP contribution in [0.2, 0.25) is 0 Å². The summed E-state index contributed by atoms with van der Waals surface area (Å²) in [4.78, 5) is 19.6. The molecule has 0 saturated heterocycles. The molecule has 0 spiro atoms. The van der Waals surface area contributed by atoms with E-state index in [1.165, 1.54) is 30.0 Å². The third kappa shape index (κ3) is 3.03. The van der Waals surface area contributed by atoms with E-state index >= 15 is 0 Å². The van der Waals surface area contributed by atoms with Gasteiger partial charge in [-0.2, -0.15) is 5.16 Å². The zero-order valence-corrected chi connectivity index (χ0v) is 14.2. The molecular weight excluding hydrogens is 330 g/mol. The molecule has 26 heavy (non-hydrogen) atoms. The Balaban J connectivity index is 1.17. The molecule has 2 aliphatic carbocycles. The van der Waals surface area contributed by atoms with Crippen LogP contribution in [-0.4, -0.2) is 21.2 Å². The summed E-state index contributed by atoms with van der Waals surface area (Å²) in [6.45, 7) is 0. The van der Waals surface area contributed by atoms with Gasteiger partial charge in [0.1, 0.15) is 11.8 Å². The second kappa shape index (κ2) is 6.12. The normalized spacial score (nSPS) is 22.0. The summed E-state index contributed by atoms with van der Waals surface area (Å²) in [5, 5.41) is 2.24. The Kier molecular flexibility index (Phi) is 3.62. The zero-order valence-electron chi connectivity index (χ0n) is 14.2. The van der Waals surface area contributed by atoms with Gasteiger partial charge in [0.2, 0.25) is 5.88 Å². The molecule has 1 aromatic carbocycles. The number of aromatic nitrogens is 3. The topological polar surface area (TPSA) is 81.0 Å². The molecule has 5 rings (SSSR count). The highest BCUT2D eigenvalue weighted by Crippen LogP contribution is 2.42. The van der Waals surface area contributed by atoms with Gasteiger partial charge in [0.25, 0.3) is 5.56 Å². The summed E-state index contributed by atoms with van der Waals surface area (Å²) in [6.07, 6.45) is 7.98. The van der Waals surface area contributed by atoms with Crippen LogP contribution in [0.5, 0.6) is 5.88 Å². The van der Waals surface area contributed by atoms with E-state index in [0.29, 0.717) is 23.3 Å². The molecular formula is C20H19N3O3. The van der Waals surface area contributed by atoms with Gasteiger partial charge < -0.3 is 9.26 Å². The molecule has 2 saturated carbocycles. The van der Waals surface area contributed by atoms with E-state index in [9.17, 15) is 4.79 Å². The van der Waals surface area contributed by atoms with Crippen molar-refractivity contribution in [3.05, 3.63) is 64.2 Å². The number of rotatable bonds is 5. The quantitative estimate of drug-likeness (QED) is 0.761. The SMILES string of the molecule is O=c1cc(-c2cnc(OC3CC(c4ccc(C5CC5)cc4)C3)cn2)o[nH]1. The lowest BCUT2D eigenvalue weighted by molar-refractivity contribution is 0.0931. The van der Waals surface area contributed by atoms with Crippen LogP contribution >= 0.6 is 0 Å². The Morgan fingerprint density at radius 1 is 1.00 bits per heavy atom. The summed E-state index contributed by atoms with van der Waals surface area (Å²) in [5.41, 5.74) is 3.08. The Morgan fingerprint density at radius 3 is 2.31 bits per heavy atom. The van der Waals surface area contributed by atoms with Crippen molar-refractivity contribution in [1.29, 1.82) is 0 Å². The maximum atomic E-state index is 11.1.